The zero-order chi connectivity index (χ0) is 31.1. The normalized spacial score (nSPS) is 41.3. The zero-order valence-corrected chi connectivity index (χ0v) is 27.3. The first-order valence-corrected chi connectivity index (χ1v) is 18.0. The van der Waals surface area contributed by atoms with Crippen molar-refractivity contribution in [1.82, 2.24) is 20.4 Å². The second-order valence-electron chi connectivity index (χ2n) is 16.0. The van der Waals surface area contributed by atoms with Crippen molar-refractivity contribution in [1.29, 1.82) is 0 Å². The summed E-state index contributed by atoms with van der Waals surface area (Å²) < 4.78 is 0. The number of aliphatic hydroxyl groups excluding tert-OH is 2. The molecule has 0 aromatic rings. The lowest BCUT2D eigenvalue weighted by Gasteiger charge is -2.62. The number of hydrogen-bond donors (Lipinski definition) is 4. The number of carbonyl (C=O) groups excluding carboxylic acids is 3. The molecule has 9 atom stereocenters. The van der Waals surface area contributed by atoms with E-state index in [2.05, 4.69) is 29.4 Å². The van der Waals surface area contributed by atoms with Gasteiger partial charge in [-0.2, -0.15) is 0 Å². The van der Waals surface area contributed by atoms with Crippen molar-refractivity contribution < 1.29 is 24.6 Å². The van der Waals surface area contributed by atoms with Crippen molar-refractivity contribution in [2.45, 2.75) is 122 Å². The Morgan fingerprint density at radius 3 is 2.23 bits per heavy atom. The molecule has 9 nitrogen and oxygen atoms in total. The molecule has 4 N–H and O–H groups in total. The molecule has 0 spiro atoms. The Morgan fingerprint density at radius 1 is 0.773 bits per heavy atom. The molecule has 0 unspecified atom stereocenters. The van der Waals surface area contributed by atoms with Crippen LogP contribution in [0.2, 0.25) is 0 Å². The number of hydrogen-bond acceptors (Lipinski definition) is 6. The van der Waals surface area contributed by atoms with Crippen LogP contribution in [0, 0.1) is 40.4 Å². The van der Waals surface area contributed by atoms with E-state index in [0.717, 1.165) is 58.0 Å². The molecule has 248 valence electrons. The molecular formula is C35H58N4O5. The monoisotopic (exact) mass is 614 g/mol. The summed E-state index contributed by atoms with van der Waals surface area (Å²) in [6.07, 6.45) is 14.6. The van der Waals surface area contributed by atoms with E-state index in [1.165, 1.54) is 38.5 Å². The van der Waals surface area contributed by atoms with Crippen LogP contribution in [-0.4, -0.2) is 95.3 Å². The summed E-state index contributed by atoms with van der Waals surface area (Å²) in [5.41, 5.74) is 0.299. The van der Waals surface area contributed by atoms with Crippen LogP contribution in [0.4, 0.5) is 0 Å². The average Bonchev–Trinajstić information content (AvgIpc) is 3.33. The van der Waals surface area contributed by atoms with Gasteiger partial charge in [-0.1, -0.05) is 33.1 Å². The van der Waals surface area contributed by atoms with Crippen molar-refractivity contribution in [2.75, 3.05) is 39.3 Å². The number of amides is 3. The number of fused-ring (bicyclic) bond motifs is 5. The third-order valence-corrected chi connectivity index (χ3v) is 13.9. The largest absolute Gasteiger partial charge is 0.393 e. The highest BCUT2D eigenvalue weighted by Crippen LogP contribution is 2.66. The molecule has 5 saturated carbocycles. The number of piperazine rings is 1. The van der Waals surface area contributed by atoms with Crippen molar-refractivity contribution in [3.05, 3.63) is 0 Å². The van der Waals surface area contributed by atoms with Gasteiger partial charge in [-0.25, -0.2) is 0 Å². The number of nitrogens with zero attached hydrogens (tertiary/aromatic N) is 2. The minimum Gasteiger partial charge on any atom is -0.393 e. The lowest BCUT2D eigenvalue weighted by Crippen LogP contribution is -2.62. The van der Waals surface area contributed by atoms with Crippen LogP contribution in [0.25, 0.3) is 0 Å². The molecule has 1 aliphatic heterocycles. The Kier molecular flexibility index (Phi) is 9.66. The maximum absolute atomic E-state index is 12.9. The third kappa shape index (κ3) is 6.31. The highest BCUT2D eigenvalue weighted by Gasteiger charge is 2.61. The lowest BCUT2D eigenvalue weighted by molar-refractivity contribution is -0.156. The zero-order valence-electron chi connectivity index (χ0n) is 27.3. The number of carbonyl (C=O) groups is 3. The molecule has 6 aliphatic rings. The van der Waals surface area contributed by atoms with E-state index < -0.39 is 0 Å². The van der Waals surface area contributed by atoms with Crippen LogP contribution >= 0.6 is 0 Å². The van der Waals surface area contributed by atoms with Crippen molar-refractivity contribution in [2.24, 2.45) is 40.4 Å². The molecule has 0 bridgehead atoms. The van der Waals surface area contributed by atoms with Gasteiger partial charge in [0, 0.05) is 38.6 Å². The van der Waals surface area contributed by atoms with E-state index in [0.29, 0.717) is 49.1 Å². The van der Waals surface area contributed by atoms with Gasteiger partial charge in [0.25, 0.3) is 0 Å². The molecule has 9 heteroatoms. The maximum Gasteiger partial charge on any atom is 0.242 e. The summed E-state index contributed by atoms with van der Waals surface area (Å²) in [7, 11) is 0. The van der Waals surface area contributed by atoms with Crippen molar-refractivity contribution in [3.8, 4) is 0 Å². The summed E-state index contributed by atoms with van der Waals surface area (Å²) in [5, 5.41) is 27.6. The van der Waals surface area contributed by atoms with Crippen LogP contribution in [0.15, 0.2) is 0 Å². The summed E-state index contributed by atoms with van der Waals surface area (Å²) >= 11 is 0. The van der Waals surface area contributed by atoms with E-state index in [4.69, 9.17) is 0 Å². The van der Waals surface area contributed by atoms with Gasteiger partial charge < -0.3 is 25.7 Å². The molecule has 3 amide bonds. The summed E-state index contributed by atoms with van der Waals surface area (Å²) in [6.45, 7) is 7.38. The highest BCUT2D eigenvalue weighted by molar-refractivity contribution is 5.88. The summed E-state index contributed by atoms with van der Waals surface area (Å²) in [4.78, 5) is 41.7. The van der Waals surface area contributed by atoms with E-state index >= 15 is 0 Å². The van der Waals surface area contributed by atoms with E-state index in [1.54, 1.807) is 0 Å². The van der Waals surface area contributed by atoms with Crippen LogP contribution in [-0.2, 0) is 14.4 Å². The minimum absolute atomic E-state index is 0.0546. The van der Waals surface area contributed by atoms with Gasteiger partial charge >= 0.3 is 0 Å². The number of rotatable bonds is 7. The Hall–Kier alpha value is -1.71. The molecule has 1 heterocycles. The van der Waals surface area contributed by atoms with Crippen LogP contribution in [0.1, 0.15) is 104 Å². The predicted molar refractivity (Wildman–Crippen MR) is 168 cm³/mol. The highest BCUT2D eigenvalue weighted by atomic mass is 16.3. The molecular weight excluding hydrogens is 556 g/mol. The van der Waals surface area contributed by atoms with E-state index in [-0.39, 0.29) is 59.9 Å². The van der Waals surface area contributed by atoms with Crippen LogP contribution in [0.5, 0.6) is 0 Å². The van der Waals surface area contributed by atoms with E-state index in [1.807, 2.05) is 4.90 Å². The topological polar surface area (TPSA) is 122 Å². The lowest BCUT2D eigenvalue weighted by atomic mass is 9.44. The van der Waals surface area contributed by atoms with Gasteiger partial charge in [0.15, 0.2) is 0 Å². The predicted octanol–water partition coefficient (Wildman–Crippen LogP) is 3.08. The van der Waals surface area contributed by atoms with Crippen LogP contribution < -0.4 is 10.6 Å². The second kappa shape index (κ2) is 13.2. The van der Waals surface area contributed by atoms with E-state index in [9.17, 15) is 24.6 Å². The third-order valence-electron chi connectivity index (χ3n) is 13.9. The second-order valence-corrected chi connectivity index (χ2v) is 16.0. The smallest absolute Gasteiger partial charge is 0.242 e. The Balaban J connectivity index is 0.961. The Morgan fingerprint density at radius 2 is 1.48 bits per heavy atom. The molecule has 0 radical (unpaired) electrons. The van der Waals surface area contributed by atoms with Crippen molar-refractivity contribution >= 4 is 17.7 Å². The number of aliphatic hydroxyl groups is 2. The van der Waals surface area contributed by atoms with Gasteiger partial charge in [0.1, 0.15) is 0 Å². The first-order chi connectivity index (χ1) is 21.1. The number of nitrogens with one attached hydrogen (secondary N) is 2. The Bertz CT molecular complexity index is 1060. The fraction of sp³-hybridized carbons (Fsp3) is 0.914. The fourth-order valence-electron chi connectivity index (χ4n) is 11.2. The quantitative estimate of drug-likeness (QED) is 0.350. The van der Waals surface area contributed by atoms with Crippen molar-refractivity contribution in [3.63, 3.8) is 0 Å². The molecule has 5 aliphatic carbocycles. The molecule has 6 rings (SSSR count). The van der Waals surface area contributed by atoms with Gasteiger partial charge in [0.2, 0.25) is 17.7 Å². The SMILES string of the molecule is C[C@]12C[C@H](N3CCN(C(=O)CNC(=O)CNC(=O)CC4CCCCC4)CC3)[C@@H](O)C[C@@H]1CC[C@@H]1[C@@H]2CC[C@]2(C)[C@@H](O)CC[C@@H]12. The first-order valence-electron chi connectivity index (χ1n) is 18.0. The molecule has 6 fully saturated rings. The molecule has 1 saturated heterocycles. The van der Waals surface area contributed by atoms with Gasteiger partial charge in [-0.3, -0.25) is 19.3 Å². The van der Waals surface area contributed by atoms with Gasteiger partial charge in [-0.05, 0) is 105 Å². The summed E-state index contributed by atoms with van der Waals surface area (Å²) in [6, 6.07) is 0.117. The van der Waals surface area contributed by atoms with Crippen LogP contribution in [0.3, 0.4) is 0 Å². The van der Waals surface area contributed by atoms with Gasteiger partial charge in [-0.15, -0.1) is 0 Å². The molecule has 44 heavy (non-hydrogen) atoms. The standard InChI is InChI=1S/C35H58N4O5/c1-34-13-12-27-25(26(34)10-11-30(34)41)9-8-24-19-29(40)28(20-35(24,27)2)38-14-16-39(17-15-38)33(44)22-37-32(43)21-36-31(42)18-23-6-4-3-5-7-23/h23-30,40-41H,3-22H2,1-2H3,(H,36,42)(H,37,43)/t24-,25-,26-,27-,28-,29-,30-,34-,35-/m0/s1. The Labute approximate surface area is 264 Å². The maximum atomic E-state index is 12.9. The average molecular weight is 615 g/mol. The molecule has 0 aromatic carbocycles. The molecule has 0 aromatic heterocycles. The minimum atomic E-state index is -0.332. The fourth-order valence-corrected chi connectivity index (χ4v) is 11.2. The summed E-state index contributed by atoms with van der Waals surface area (Å²) in [5.74, 6) is 2.48. The van der Waals surface area contributed by atoms with Gasteiger partial charge in [0.05, 0.1) is 25.3 Å². The first kappa shape index (κ1) is 32.2.